The Labute approximate surface area is 127 Å². The molecule has 1 aliphatic heterocycles. The number of carbonyl (C=O) groups is 1. The molecule has 21 heavy (non-hydrogen) atoms. The zero-order valence-electron chi connectivity index (χ0n) is 13.2. The topological polar surface area (TPSA) is 49.6 Å². The van der Waals surface area contributed by atoms with Gasteiger partial charge in [-0.2, -0.15) is 0 Å². The summed E-state index contributed by atoms with van der Waals surface area (Å²) in [5.74, 6) is 0.154. The molecule has 2 rings (SSSR count). The van der Waals surface area contributed by atoms with Crippen LogP contribution in [0.25, 0.3) is 0 Å². The van der Waals surface area contributed by atoms with E-state index in [4.69, 9.17) is 5.73 Å². The van der Waals surface area contributed by atoms with E-state index < -0.39 is 0 Å². The molecule has 0 saturated carbocycles. The number of amides is 1. The quantitative estimate of drug-likeness (QED) is 0.902. The number of nitrogens with zero attached hydrogens (tertiary/aromatic N) is 2. The summed E-state index contributed by atoms with van der Waals surface area (Å²) in [7, 11) is 1.92. The van der Waals surface area contributed by atoms with E-state index in [9.17, 15) is 4.79 Å². The van der Waals surface area contributed by atoms with Crippen LogP contribution in [0.2, 0.25) is 0 Å². The van der Waals surface area contributed by atoms with Crippen molar-refractivity contribution in [3.63, 3.8) is 0 Å². The molecule has 4 heteroatoms. The van der Waals surface area contributed by atoms with Crippen LogP contribution in [0.4, 0.5) is 0 Å². The Balaban J connectivity index is 1.85. The molecule has 1 amide bonds. The third-order valence-corrected chi connectivity index (χ3v) is 4.57. The summed E-state index contributed by atoms with van der Waals surface area (Å²) in [5, 5.41) is 0. The van der Waals surface area contributed by atoms with Gasteiger partial charge in [0, 0.05) is 38.6 Å². The summed E-state index contributed by atoms with van der Waals surface area (Å²) >= 11 is 0. The van der Waals surface area contributed by atoms with Crippen LogP contribution < -0.4 is 5.73 Å². The predicted molar refractivity (Wildman–Crippen MR) is 85.9 cm³/mol. The Morgan fingerprint density at radius 3 is 2.52 bits per heavy atom. The fourth-order valence-electron chi connectivity index (χ4n) is 2.98. The molecule has 4 nitrogen and oxygen atoms in total. The van der Waals surface area contributed by atoms with Gasteiger partial charge in [0.2, 0.25) is 5.91 Å². The molecule has 1 aliphatic rings. The Kier molecular flexibility index (Phi) is 5.76. The smallest absolute Gasteiger partial charge is 0.224 e. The van der Waals surface area contributed by atoms with Crippen LogP contribution >= 0.6 is 0 Å². The lowest BCUT2D eigenvalue weighted by Crippen LogP contribution is -2.46. The number of likely N-dealkylation sites (tertiary alicyclic amines) is 1. The summed E-state index contributed by atoms with van der Waals surface area (Å²) in [6, 6.07) is 10.0. The number of rotatable bonds is 5. The van der Waals surface area contributed by atoms with Crippen LogP contribution in [0.15, 0.2) is 30.3 Å². The van der Waals surface area contributed by atoms with E-state index in [1.807, 2.05) is 42.3 Å². The van der Waals surface area contributed by atoms with E-state index in [-0.39, 0.29) is 11.9 Å². The van der Waals surface area contributed by atoms with Crippen molar-refractivity contribution in [2.45, 2.75) is 38.3 Å². The standard InChI is InChI=1S/C17H27N3O/c1-3-20-11-9-15(10-12-20)19(2)17(21)13-16(18)14-7-5-4-6-8-14/h4-8,15-16H,3,9-13,18H2,1-2H3. The molecule has 1 heterocycles. The van der Waals surface area contributed by atoms with Gasteiger partial charge in [0.15, 0.2) is 0 Å². The van der Waals surface area contributed by atoms with Crippen molar-refractivity contribution < 1.29 is 4.79 Å². The van der Waals surface area contributed by atoms with Crippen LogP contribution in [0.1, 0.15) is 37.8 Å². The van der Waals surface area contributed by atoms with Gasteiger partial charge in [-0.15, -0.1) is 0 Å². The molecular weight excluding hydrogens is 262 g/mol. The number of hydrogen-bond acceptors (Lipinski definition) is 3. The first-order valence-electron chi connectivity index (χ1n) is 7.90. The molecular formula is C17H27N3O. The fourth-order valence-corrected chi connectivity index (χ4v) is 2.98. The number of hydrogen-bond donors (Lipinski definition) is 1. The first kappa shape index (κ1) is 16.0. The molecule has 1 atom stereocenters. The van der Waals surface area contributed by atoms with E-state index in [0.717, 1.165) is 38.0 Å². The normalized spacial score (nSPS) is 18.4. The third kappa shape index (κ3) is 4.29. The molecule has 1 saturated heterocycles. The monoisotopic (exact) mass is 289 g/mol. The summed E-state index contributed by atoms with van der Waals surface area (Å²) in [6.07, 6.45) is 2.52. The first-order chi connectivity index (χ1) is 10.1. The lowest BCUT2D eigenvalue weighted by atomic mass is 10.0. The highest BCUT2D eigenvalue weighted by Gasteiger charge is 2.25. The van der Waals surface area contributed by atoms with Gasteiger partial charge in [-0.25, -0.2) is 0 Å². The highest BCUT2D eigenvalue weighted by Crippen LogP contribution is 2.19. The summed E-state index contributed by atoms with van der Waals surface area (Å²) in [6.45, 7) is 5.46. The Morgan fingerprint density at radius 2 is 1.95 bits per heavy atom. The zero-order valence-corrected chi connectivity index (χ0v) is 13.2. The number of carbonyl (C=O) groups excluding carboxylic acids is 1. The van der Waals surface area contributed by atoms with Gasteiger partial charge in [0.05, 0.1) is 0 Å². The van der Waals surface area contributed by atoms with Crippen LogP contribution in [0.3, 0.4) is 0 Å². The van der Waals surface area contributed by atoms with E-state index in [2.05, 4.69) is 11.8 Å². The van der Waals surface area contributed by atoms with Gasteiger partial charge < -0.3 is 15.5 Å². The summed E-state index contributed by atoms with van der Waals surface area (Å²) in [5.41, 5.74) is 7.18. The molecule has 2 N–H and O–H groups in total. The molecule has 1 unspecified atom stereocenters. The van der Waals surface area contributed by atoms with Crippen molar-refractivity contribution in [3.8, 4) is 0 Å². The second-order valence-corrected chi connectivity index (χ2v) is 5.89. The van der Waals surface area contributed by atoms with Gasteiger partial charge in [0.1, 0.15) is 0 Å². The highest BCUT2D eigenvalue weighted by atomic mass is 16.2. The molecule has 0 aliphatic carbocycles. The largest absolute Gasteiger partial charge is 0.343 e. The average molecular weight is 289 g/mol. The third-order valence-electron chi connectivity index (χ3n) is 4.57. The van der Waals surface area contributed by atoms with E-state index in [1.54, 1.807) is 0 Å². The summed E-state index contributed by atoms with van der Waals surface area (Å²) in [4.78, 5) is 16.8. The Hall–Kier alpha value is -1.39. The maximum absolute atomic E-state index is 12.4. The van der Waals surface area contributed by atoms with Crippen molar-refractivity contribution in [1.29, 1.82) is 0 Å². The SMILES string of the molecule is CCN1CCC(N(C)C(=O)CC(N)c2ccccc2)CC1. The summed E-state index contributed by atoms with van der Waals surface area (Å²) < 4.78 is 0. The molecule has 1 fully saturated rings. The van der Waals surface area contributed by atoms with Gasteiger partial charge in [-0.1, -0.05) is 37.3 Å². The van der Waals surface area contributed by atoms with Gasteiger partial charge in [-0.05, 0) is 24.9 Å². The molecule has 1 aromatic carbocycles. The van der Waals surface area contributed by atoms with Gasteiger partial charge >= 0.3 is 0 Å². The Bertz CT molecular complexity index is 441. The molecule has 0 radical (unpaired) electrons. The minimum Gasteiger partial charge on any atom is -0.343 e. The maximum Gasteiger partial charge on any atom is 0.224 e. The average Bonchev–Trinajstić information content (AvgIpc) is 2.55. The lowest BCUT2D eigenvalue weighted by molar-refractivity contribution is -0.133. The lowest BCUT2D eigenvalue weighted by Gasteiger charge is -2.36. The molecule has 0 spiro atoms. The van der Waals surface area contributed by atoms with Crippen molar-refractivity contribution in [1.82, 2.24) is 9.80 Å². The van der Waals surface area contributed by atoms with E-state index >= 15 is 0 Å². The number of piperidine rings is 1. The van der Waals surface area contributed by atoms with E-state index in [1.165, 1.54) is 0 Å². The van der Waals surface area contributed by atoms with Crippen LogP contribution in [0, 0.1) is 0 Å². The minimum atomic E-state index is -0.211. The van der Waals surface area contributed by atoms with Crippen LogP contribution in [-0.2, 0) is 4.79 Å². The predicted octanol–water partition coefficient (Wildman–Crippen LogP) is 2.02. The van der Waals surface area contributed by atoms with Gasteiger partial charge in [0.25, 0.3) is 0 Å². The molecule has 0 bridgehead atoms. The van der Waals surface area contributed by atoms with Crippen molar-refractivity contribution in [2.24, 2.45) is 5.73 Å². The van der Waals surface area contributed by atoms with Crippen molar-refractivity contribution in [3.05, 3.63) is 35.9 Å². The van der Waals surface area contributed by atoms with Crippen molar-refractivity contribution in [2.75, 3.05) is 26.7 Å². The van der Waals surface area contributed by atoms with Gasteiger partial charge in [-0.3, -0.25) is 4.79 Å². The maximum atomic E-state index is 12.4. The number of nitrogens with two attached hydrogens (primary N) is 1. The Morgan fingerprint density at radius 1 is 1.33 bits per heavy atom. The molecule has 116 valence electrons. The minimum absolute atomic E-state index is 0.154. The van der Waals surface area contributed by atoms with Crippen LogP contribution in [0.5, 0.6) is 0 Å². The molecule has 0 aromatic heterocycles. The highest BCUT2D eigenvalue weighted by molar-refractivity contribution is 5.77. The van der Waals surface area contributed by atoms with Crippen molar-refractivity contribution >= 4 is 5.91 Å². The second kappa shape index (κ2) is 7.57. The second-order valence-electron chi connectivity index (χ2n) is 5.89. The number of benzene rings is 1. The van der Waals surface area contributed by atoms with Crippen LogP contribution in [-0.4, -0.2) is 48.4 Å². The molecule has 1 aromatic rings. The zero-order chi connectivity index (χ0) is 15.2. The fraction of sp³-hybridized carbons (Fsp3) is 0.588. The van der Waals surface area contributed by atoms with E-state index in [0.29, 0.717) is 12.5 Å². The first-order valence-corrected chi connectivity index (χ1v) is 7.90.